The maximum Gasteiger partial charge on any atom is 0.315 e. The van der Waals surface area contributed by atoms with Gasteiger partial charge in [-0.15, -0.1) is 11.8 Å². The van der Waals surface area contributed by atoms with E-state index in [1.165, 1.54) is 12.1 Å². The monoisotopic (exact) mass is 416 g/mol. The number of urea groups is 1. The van der Waals surface area contributed by atoms with E-state index >= 15 is 0 Å². The van der Waals surface area contributed by atoms with Crippen LogP contribution in [0.25, 0.3) is 5.69 Å². The van der Waals surface area contributed by atoms with Crippen LogP contribution in [0.1, 0.15) is 23.6 Å². The minimum Gasteiger partial charge on any atom is -0.334 e. The number of fused-ring (bicyclic) bond motifs is 1. The summed E-state index contributed by atoms with van der Waals surface area (Å²) in [6.07, 6.45) is 4.32. The van der Waals surface area contributed by atoms with Gasteiger partial charge in [-0.3, -0.25) is 0 Å². The molecule has 0 saturated heterocycles. The van der Waals surface area contributed by atoms with E-state index in [1.54, 1.807) is 40.8 Å². The normalized spacial score (nSPS) is 15.7. The van der Waals surface area contributed by atoms with Crippen LogP contribution in [-0.2, 0) is 6.54 Å². The van der Waals surface area contributed by atoms with Gasteiger partial charge in [0.1, 0.15) is 5.82 Å². The Bertz CT molecular complexity index is 992. The van der Waals surface area contributed by atoms with Crippen LogP contribution in [0.15, 0.2) is 59.8 Å². The van der Waals surface area contributed by atoms with Crippen molar-refractivity contribution in [2.45, 2.75) is 23.9 Å². The van der Waals surface area contributed by atoms with E-state index in [1.807, 2.05) is 18.3 Å². The summed E-state index contributed by atoms with van der Waals surface area (Å²) in [6.45, 7) is 0.344. The van der Waals surface area contributed by atoms with Crippen LogP contribution < -0.4 is 10.6 Å². The van der Waals surface area contributed by atoms with Gasteiger partial charge in [-0.05, 0) is 54.4 Å². The summed E-state index contributed by atoms with van der Waals surface area (Å²) in [6, 6.07) is 11.6. The number of amides is 2. The van der Waals surface area contributed by atoms with E-state index in [9.17, 15) is 9.18 Å². The minimum atomic E-state index is -0.289. The smallest absolute Gasteiger partial charge is 0.315 e. The number of hydrogen-bond acceptors (Lipinski definition) is 3. The number of hydrogen-bond donors (Lipinski definition) is 2. The molecule has 1 unspecified atom stereocenters. The molecule has 1 aliphatic heterocycles. The molecule has 1 atom stereocenters. The lowest BCUT2D eigenvalue weighted by Gasteiger charge is -2.26. The summed E-state index contributed by atoms with van der Waals surface area (Å²) in [5, 5.41) is 10.8. The van der Waals surface area contributed by atoms with Gasteiger partial charge in [-0.2, -0.15) is 5.10 Å². The van der Waals surface area contributed by atoms with Gasteiger partial charge < -0.3 is 10.6 Å². The van der Waals surface area contributed by atoms with Crippen molar-refractivity contribution >= 4 is 29.4 Å². The number of nitrogens with one attached hydrogen (secondary N) is 2. The second-order valence-electron chi connectivity index (χ2n) is 6.47. The molecule has 3 aromatic rings. The third-order valence-electron chi connectivity index (χ3n) is 4.50. The highest BCUT2D eigenvalue weighted by Gasteiger charge is 2.22. The van der Waals surface area contributed by atoms with E-state index in [0.717, 1.165) is 33.9 Å². The predicted octanol–water partition coefficient (Wildman–Crippen LogP) is 4.70. The molecule has 0 saturated carbocycles. The van der Waals surface area contributed by atoms with Crippen molar-refractivity contribution in [3.05, 3.63) is 76.8 Å². The van der Waals surface area contributed by atoms with E-state index in [2.05, 4.69) is 15.7 Å². The number of benzene rings is 2. The van der Waals surface area contributed by atoms with Gasteiger partial charge in [0.15, 0.2) is 0 Å². The lowest BCUT2D eigenvalue weighted by atomic mass is 10.0. The number of aromatic nitrogens is 2. The van der Waals surface area contributed by atoms with Gasteiger partial charge >= 0.3 is 6.03 Å². The average molecular weight is 417 g/mol. The molecule has 2 amide bonds. The van der Waals surface area contributed by atoms with Crippen molar-refractivity contribution in [2.24, 2.45) is 0 Å². The van der Waals surface area contributed by atoms with Crippen LogP contribution in [0.5, 0.6) is 0 Å². The molecular weight excluding hydrogens is 399 g/mol. The largest absolute Gasteiger partial charge is 0.334 e. The fourth-order valence-electron chi connectivity index (χ4n) is 3.09. The number of carbonyl (C=O) groups is 1. The molecule has 28 heavy (non-hydrogen) atoms. The zero-order valence-corrected chi connectivity index (χ0v) is 16.4. The molecule has 2 aromatic carbocycles. The number of thioether (sulfide) groups is 1. The quantitative estimate of drug-likeness (QED) is 0.648. The summed E-state index contributed by atoms with van der Waals surface area (Å²) >= 11 is 7.59. The second-order valence-corrected chi connectivity index (χ2v) is 8.04. The molecule has 0 fully saturated rings. The Labute approximate surface area is 171 Å². The molecular formula is C20H18ClFN4OS. The molecule has 1 aliphatic rings. The molecule has 0 radical (unpaired) electrons. The molecule has 4 rings (SSSR count). The van der Waals surface area contributed by atoms with Crippen molar-refractivity contribution < 1.29 is 9.18 Å². The molecule has 1 aromatic heterocycles. The van der Waals surface area contributed by atoms with Gasteiger partial charge in [0, 0.05) is 34.0 Å². The van der Waals surface area contributed by atoms with Crippen LogP contribution in [0, 0.1) is 5.82 Å². The molecule has 0 aliphatic carbocycles. The standard InChI is InChI=1S/C20H18ClFN4OS/c21-14-1-4-16(5-2-14)26-12-13(11-24-26)10-23-20(27)25-18-7-8-28-19-6-3-15(22)9-17(18)19/h1-6,9,11-12,18H,7-8,10H2,(H2,23,25,27). The first-order valence-electron chi connectivity index (χ1n) is 8.84. The van der Waals surface area contributed by atoms with Gasteiger partial charge in [-0.1, -0.05) is 11.6 Å². The summed E-state index contributed by atoms with van der Waals surface area (Å²) in [4.78, 5) is 13.3. The minimum absolute atomic E-state index is 0.191. The summed E-state index contributed by atoms with van der Waals surface area (Å²) in [5.41, 5.74) is 2.59. The van der Waals surface area contributed by atoms with Gasteiger partial charge in [0.25, 0.3) is 0 Å². The number of rotatable bonds is 4. The molecule has 0 bridgehead atoms. The van der Waals surface area contributed by atoms with Gasteiger partial charge in [0.2, 0.25) is 0 Å². The van der Waals surface area contributed by atoms with Crippen molar-refractivity contribution in [3.8, 4) is 5.69 Å². The molecule has 8 heteroatoms. The van der Waals surface area contributed by atoms with Crippen LogP contribution in [0.2, 0.25) is 5.02 Å². The van der Waals surface area contributed by atoms with Crippen LogP contribution in [-0.4, -0.2) is 21.6 Å². The first kappa shape index (κ1) is 18.8. The molecule has 2 heterocycles. The Morgan fingerprint density at radius 2 is 2.11 bits per heavy atom. The zero-order valence-electron chi connectivity index (χ0n) is 14.9. The Morgan fingerprint density at radius 1 is 1.29 bits per heavy atom. The number of nitrogens with zero attached hydrogens (tertiary/aromatic N) is 2. The Kier molecular flexibility index (Phi) is 5.54. The molecule has 0 spiro atoms. The van der Waals surface area contributed by atoms with Crippen molar-refractivity contribution in [3.63, 3.8) is 0 Å². The topological polar surface area (TPSA) is 59.0 Å². The van der Waals surface area contributed by atoms with E-state index < -0.39 is 0 Å². The number of carbonyl (C=O) groups excluding carboxylic acids is 1. The van der Waals surface area contributed by atoms with Crippen molar-refractivity contribution in [1.82, 2.24) is 20.4 Å². The van der Waals surface area contributed by atoms with Gasteiger partial charge in [-0.25, -0.2) is 13.9 Å². The SMILES string of the molecule is O=C(NCc1cnn(-c2ccc(Cl)cc2)c1)NC1CCSc2ccc(F)cc21. The third-order valence-corrected chi connectivity index (χ3v) is 5.87. The fourth-order valence-corrected chi connectivity index (χ4v) is 4.32. The third kappa shape index (κ3) is 4.31. The van der Waals surface area contributed by atoms with E-state index in [0.29, 0.717) is 11.6 Å². The average Bonchev–Trinajstić information content (AvgIpc) is 3.16. The molecule has 5 nitrogen and oxygen atoms in total. The first-order valence-corrected chi connectivity index (χ1v) is 10.2. The van der Waals surface area contributed by atoms with E-state index in [-0.39, 0.29) is 17.9 Å². The fraction of sp³-hybridized carbons (Fsp3) is 0.200. The molecule has 144 valence electrons. The summed E-state index contributed by atoms with van der Waals surface area (Å²) in [7, 11) is 0. The van der Waals surface area contributed by atoms with Crippen LogP contribution in [0.3, 0.4) is 0 Å². The van der Waals surface area contributed by atoms with Crippen molar-refractivity contribution in [1.29, 1.82) is 0 Å². The van der Waals surface area contributed by atoms with Crippen LogP contribution >= 0.6 is 23.4 Å². The maximum absolute atomic E-state index is 13.6. The number of halogens is 2. The van der Waals surface area contributed by atoms with E-state index in [4.69, 9.17) is 11.6 Å². The Morgan fingerprint density at radius 3 is 2.93 bits per heavy atom. The first-order chi connectivity index (χ1) is 13.6. The predicted molar refractivity (Wildman–Crippen MR) is 108 cm³/mol. The Balaban J connectivity index is 1.36. The second kappa shape index (κ2) is 8.24. The maximum atomic E-state index is 13.6. The zero-order chi connectivity index (χ0) is 19.5. The summed E-state index contributed by atoms with van der Waals surface area (Å²) in [5.74, 6) is 0.598. The van der Waals surface area contributed by atoms with Gasteiger partial charge in [0.05, 0.1) is 17.9 Å². The highest BCUT2D eigenvalue weighted by molar-refractivity contribution is 7.99. The lowest BCUT2D eigenvalue weighted by Crippen LogP contribution is -2.38. The Hall–Kier alpha value is -2.51. The highest BCUT2D eigenvalue weighted by Crippen LogP contribution is 2.36. The van der Waals surface area contributed by atoms with Crippen molar-refractivity contribution in [2.75, 3.05) is 5.75 Å². The van der Waals surface area contributed by atoms with Crippen LogP contribution in [0.4, 0.5) is 9.18 Å². The lowest BCUT2D eigenvalue weighted by molar-refractivity contribution is 0.236. The highest BCUT2D eigenvalue weighted by atomic mass is 35.5. The summed E-state index contributed by atoms with van der Waals surface area (Å²) < 4.78 is 15.3. The molecule has 2 N–H and O–H groups in total.